The van der Waals surface area contributed by atoms with Crippen LogP contribution in [0.1, 0.15) is 25.8 Å². The lowest BCUT2D eigenvalue weighted by Crippen LogP contribution is -2.40. The van der Waals surface area contributed by atoms with Gasteiger partial charge in [0.05, 0.1) is 19.1 Å². The highest BCUT2D eigenvalue weighted by molar-refractivity contribution is 5.71. The number of hydrogen-bond acceptors (Lipinski definition) is 4. The number of hydrogen-bond donors (Lipinski definition) is 2. The second kappa shape index (κ2) is 5.80. The van der Waals surface area contributed by atoms with E-state index in [9.17, 15) is 15.0 Å². The third-order valence-corrected chi connectivity index (χ3v) is 2.68. The minimum absolute atomic E-state index is 0.253. The van der Waals surface area contributed by atoms with Crippen LogP contribution < -0.4 is 0 Å². The molecule has 0 fully saturated rings. The van der Waals surface area contributed by atoms with Gasteiger partial charge in [-0.05, 0) is 19.4 Å². The molecule has 0 saturated heterocycles. The summed E-state index contributed by atoms with van der Waals surface area (Å²) in [7, 11) is 0. The Morgan fingerprint density at radius 3 is 2.47 bits per heavy atom. The normalized spacial score (nSPS) is 16.0. The molecule has 4 heteroatoms. The van der Waals surface area contributed by atoms with E-state index in [1.807, 2.05) is 0 Å². The van der Waals surface area contributed by atoms with E-state index in [1.54, 1.807) is 37.3 Å². The molecule has 1 aromatic rings. The Morgan fingerprint density at radius 1 is 1.41 bits per heavy atom. The van der Waals surface area contributed by atoms with Gasteiger partial charge in [-0.15, -0.1) is 0 Å². The van der Waals surface area contributed by atoms with E-state index in [2.05, 4.69) is 0 Å². The molecule has 0 radical (unpaired) electrons. The summed E-state index contributed by atoms with van der Waals surface area (Å²) >= 11 is 0. The highest BCUT2D eigenvalue weighted by atomic mass is 16.5. The van der Waals surface area contributed by atoms with Gasteiger partial charge >= 0.3 is 5.97 Å². The summed E-state index contributed by atoms with van der Waals surface area (Å²) in [5.41, 5.74) is -1.10. The summed E-state index contributed by atoms with van der Waals surface area (Å²) in [6.07, 6.45) is -1.32. The Labute approximate surface area is 101 Å². The summed E-state index contributed by atoms with van der Waals surface area (Å²) < 4.78 is 4.80. The van der Waals surface area contributed by atoms with Gasteiger partial charge in [0, 0.05) is 0 Å². The summed E-state index contributed by atoms with van der Waals surface area (Å²) in [5.74, 6) is -0.528. The fourth-order valence-corrected chi connectivity index (χ4v) is 1.65. The van der Waals surface area contributed by atoms with Crippen LogP contribution in [0.3, 0.4) is 0 Å². The fourth-order valence-electron chi connectivity index (χ4n) is 1.65. The van der Waals surface area contributed by atoms with Crippen LogP contribution in [0.25, 0.3) is 0 Å². The van der Waals surface area contributed by atoms with Gasteiger partial charge in [-0.1, -0.05) is 30.3 Å². The summed E-state index contributed by atoms with van der Waals surface area (Å²) in [5, 5.41) is 20.1. The first-order chi connectivity index (χ1) is 8.00. The van der Waals surface area contributed by atoms with Gasteiger partial charge in [-0.2, -0.15) is 0 Å². The van der Waals surface area contributed by atoms with Gasteiger partial charge in [0.25, 0.3) is 0 Å². The van der Waals surface area contributed by atoms with Crippen LogP contribution in [0.5, 0.6) is 0 Å². The molecule has 2 N–H and O–H groups in total. The molecule has 1 aromatic carbocycles. The van der Waals surface area contributed by atoms with E-state index in [0.29, 0.717) is 5.56 Å². The first-order valence-corrected chi connectivity index (χ1v) is 5.62. The summed E-state index contributed by atoms with van der Waals surface area (Å²) in [6.45, 7) is 3.40. The van der Waals surface area contributed by atoms with Crippen molar-refractivity contribution < 1.29 is 19.7 Å². The molecule has 0 unspecified atom stereocenters. The number of ether oxygens (including phenoxy) is 1. The highest BCUT2D eigenvalue weighted by Gasteiger charge is 2.37. The van der Waals surface area contributed by atoms with Gasteiger partial charge < -0.3 is 14.9 Å². The maximum atomic E-state index is 11.4. The summed E-state index contributed by atoms with van der Waals surface area (Å²) in [6, 6.07) is 8.63. The number of rotatable bonds is 5. The molecule has 0 aliphatic carbocycles. The lowest BCUT2D eigenvalue weighted by Gasteiger charge is -2.30. The minimum atomic E-state index is -1.60. The van der Waals surface area contributed by atoms with Crippen LogP contribution >= 0.6 is 0 Å². The Bertz CT molecular complexity index is 361. The monoisotopic (exact) mass is 238 g/mol. The van der Waals surface area contributed by atoms with Gasteiger partial charge in [0.15, 0.2) is 0 Å². The van der Waals surface area contributed by atoms with Gasteiger partial charge in [-0.25, -0.2) is 0 Å². The zero-order valence-corrected chi connectivity index (χ0v) is 10.1. The number of benzene rings is 1. The predicted octanol–water partition coefficient (Wildman–Crippen LogP) is 1.21. The molecule has 0 aromatic heterocycles. The van der Waals surface area contributed by atoms with Crippen molar-refractivity contribution >= 4 is 5.97 Å². The van der Waals surface area contributed by atoms with E-state index in [0.717, 1.165) is 0 Å². The topological polar surface area (TPSA) is 66.8 Å². The third-order valence-electron chi connectivity index (χ3n) is 2.68. The van der Waals surface area contributed by atoms with Crippen LogP contribution in [-0.4, -0.2) is 28.9 Å². The van der Waals surface area contributed by atoms with Crippen molar-refractivity contribution in [2.45, 2.75) is 32.0 Å². The molecule has 4 nitrogen and oxygen atoms in total. The average molecular weight is 238 g/mol. The predicted molar refractivity (Wildman–Crippen MR) is 63.3 cm³/mol. The molecule has 2 atom stereocenters. The number of aliphatic hydroxyl groups excluding tert-OH is 1. The largest absolute Gasteiger partial charge is 0.466 e. The Hall–Kier alpha value is -1.39. The molecule has 0 aliphatic rings. The Balaban J connectivity index is 2.94. The van der Waals surface area contributed by atoms with Crippen molar-refractivity contribution in [3.8, 4) is 0 Å². The number of aliphatic hydroxyl groups is 2. The quantitative estimate of drug-likeness (QED) is 0.757. The lowest BCUT2D eigenvalue weighted by atomic mass is 9.86. The second-order valence-electron chi connectivity index (χ2n) is 3.95. The second-order valence-corrected chi connectivity index (χ2v) is 3.95. The van der Waals surface area contributed by atoms with Crippen LogP contribution in [0.15, 0.2) is 30.3 Å². The van der Waals surface area contributed by atoms with E-state index in [4.69, 9.17) is 4.74 Å². The summed E-state index contributed by atoms with van der Waals surface area (Å²) in [4.78, 5) is 11.4. The first-order valence-electron chi connectivity index (χ1n) is 5.62. The molecule has 0 amide bonds. The molecule has 0 bridgehead atoms. The minimum Gasteiger partial charge on any atom is -0.466 e. The maximum Gasteiger partial charge on any atom is 0.309 e. The maximum absolute atomic E-state index is 11.4. The molecule has 17 heavy (non-hydrogen) atoms. The SMILES string of the molecule is CCOC(=O)C[C@@](O)(c1ccccc1)[C@H](C)O. The van der Waals surface area contributed by atoms with Crippen molar-refractivity contribution in [2.24, 2.45) is 0 Å². The smallest absolute Gasteiger partial charge is 0.309 e. The number of esters is 1. The van der Waals surface area contributed by atoms with E-state index in [-0.39, 0.29) is 13.0 Å². The van der Waals surface area contributed by atoms with Crippen molar-refractivity contribution in [3.05, 3.63) is 35.9 Å². The van der Waals surface area contributed by atoms with Crippen molar-refractivity contribution in [2.75, 3.05) is 6.61 Å². The van der Waals surface area contributed by atoms with Crippen molar-refractivity contribution in [3.63, 3.8) is 0 Å². The van der Waals surface area contributed by atoms with Crippen LogP contribution in [-0.2, 0) is 15.1 Å². The van der Waals surface area contributed by atoms with Crippen LogP contribution in [0.2, 0.25) is 0 Å². The molecular weight excluding hydrogens is 220 g/mol. The molecule has 0 spiro atoms. The first kappa shape index (κ1) is 13.7. The lowest BCUT2D eigenvalue weighted by molar-refractivity contribution is -0.155. The Kier molecular flexibility index (Phi) is 4.66. The number of carbonyl (C=O) groups is 1. The van der Waals surface area contributed by atoms with E-state index < -0.39 is 17.7 Å². The molecule has 1 rings (SSSR count). The fraction of sp³-hybridized carbons (Fsp3) is 0.462. The molecule has 0 saturated carbocycles. The standard InChI is InChI=1S/C13H18O4/c1-3-17-12(15)9-13(16,10(2)14)11-7-5-4-6-8-11/h4-8,10,14,16H,3,9H2,1-2H3/t10-,13-/m0/s1. The Morgan fingerprint density at radius 2 is 2.00 bits per heavy atom. The van der Waals surface area contributed by atoms with E-state index in [1.165, 1.54) is 6.92 Å². The van der Waals surface area contributed by atoms with Gasteiger partial charge in [0.1, 0.15) is 5.60 Å². The highest BCUT2D eigenvalue weighted by Crippen LogP contribution is 2.29. The van der Waals surface area contributed by atoms with Crippen LogP contribution in [0, 0.1) is 0 Å². The molecule has 0 aliphatic heterocycles. The van der Waals surface area contributed by atoms with Crippen LogP contribution in [0.4, 0.5) is 0 Å². The van der Waals surface area contributed by atoms with Crippen molar-refractivity contribution in [1.82, 2.24) is 0 Å². The third kappa shape index (κ3) is 3.28. The zero-order valence-electron chi connectivity index (χ0n) is 10.1. The van der Waals surface area contributed by atoms with Gasteiger partial charge in [-0.3, -0.25) is 4.79 Å². The molecular formula is C13H18O4. The van der Waals surface area contributed by atoms with Crippen molar-refractivity contribution in [1.29, 1.82) is 0 Å². The molecule has 94 valence electrons. The van der Waals surface area contributed by atoms with Gasteiger partial charge in [0.2, 0.25) is 0 Å². The van der Waals surface area contributed by atoms with E-state index >= 15 is 0 Å². The molecule has 0 heterocycles. The number of carbonyl (C=O) groups excluding carboxylic acids is 1. The average Bonchev–Trinajstić information content (AvgIpc) is 2.30. The zero-order chi connectivity index (χ0) is 12.9.